The lowest BCUT2D eigenvalue weighted by Crippen LogP contribution is -2.65. The molecule has 14 atom stereocenters. The first-order valence-corrected chi connectivity index (χ1v) is 19.9. The largest absolute Gasteiger partial charge is 0.461 e. The van der Waals surface area contributed by atoms with Crippen LogP contribution in [0.25, 0.3) is 0 Å². The van der Waals surface area contributed by atoms with Crippen LogP contribution in [0.4, 0.5) is 0 Å². The smallest absolute Gasteiger partial charge is 0.312 e. The number of methoxy groups -OCH3 is 1. The Kier molecular flexibility index (Phi) is 15.8. The summed E-state index contributed by atoms with van der Waals surface area (Å²) in [6.07, 6.45) is -1.51. The number of morpholine rings is 1. The van der Waals surface area contributed by atoms with Crippen LogP contribution >= 0.6 is 0 Å². The van der Waals surface area contributed by atoms with Gasteiger partial charge in [0.05, 0.1) is 55.5 Å². The van der Waals surface area contributed by atoms with Crippen molar-refractivity contribution in [3.63, 3.8) is 0 Å². The molecule has 0 spiro atoms. The number of hydrogen-bond acceptors (Lipinski definition) is 14. The van der Waals surface area contributed by atoms with Gasteiger partial charge in [0.25, 0.3) is 0 Å². The first-order chi connectivity index (χ1) is 25.9. The molecule has 14 heteroatoms. The minimum Gasteiger partial charge on any atom is -0.461 e. The zero-order chi connectivity index (χ0) is 40.8. The van der Waals surface area contributed by atoms with Crippen molar-refractivity contribution in [3.05, 3.63) is 30.1 Å². The van der Waals surface area contributed by atoms with E-state index >= 15 is 0 Å². The fourth-order valence-corrected chi connectivity index (χ4v) is 8.99. The fraction of sp³-hybridized carbons (Fsp3) is 0.805. The van der Waals surface area contributed by atoms with E-state index in [-0.39, 0.29) is 43.2 Å². The van der Waals surface area contributed by atoms with Crippen molar-refractivity contribution in [3.8, 4) is 0 Å². The molecule has 14 nitrogen and oxygen atoms in total. The Morgan fingerprint density at radius 3 is 2.27 bits per heavy atom. The molecule has 2 N–H and O–H groups in total. The SMILES string of the molecule is CC[C@H]1OC(=O)[C@H](C)[C@@H](OC(=O)Cc2ccncc2)[C@H](C)[C@@H](O[C@@H]2O[C@H](C)C[C@@H](N3CCOCC3)[C@@H]2N(C)C)[C@@](C)(OC)C[C@@H](C)C(=O)[C@H](C)[C@@H](O)[C@]1(C)O. The van der Waals surface area contributed by atoms with Crippen LogP contribution in [0.5, 0.6) is 0 Å². The number of rotatable bonds is 9. The molecular formula is C41H67N3O11. The second-order valence-corrected chi connectivity index (χ2v) is 16.7. The highest BCUT2D eigenvalue weighted by Gasteiger charge is 2.53. The van der Waals surface area contributed by atoms with Gasteiger partial charge in [-0.15, -0.1) is 0 Å². The Bertz CT molecular complexity index is 1410. The molecule has 1 aromatic heterocycles. The number of esters is 2. The summed E-state index contributed by atoms with van der Waals surface area (Å²) in [6, 6.07) is 3.28. The molecule has 0 saturated carbocycles. The Labute approximate surface area is 327 Å². The first kappa shape index (κ1) is 45.1. The highest BCUT2D eigenvalue weighted by molar-refractivity contribution is 5.83. The van der Waals surface area contributed by atoms with Crippen molar-refractivity contribution in [2.24, 2.45) is 23.7 Å². The Hall–Kier alpha value is -2.56. The maximum atomic E-state index is 14.2. The Morgan fingerprint density at radius 2 is 1.69 bits per heavy atom. The van der Waals surface area contributed by atoms with Gasteiger partial charge in [0.15, 0.2) is 6.29 Å². The molecule has 0 amide bonds. The number of Topliss-reactive ketones (excluding diaryl/α,β-unsaturated/α-hetero) is 1. The molecule has 3 fully saturated rings. The topological polar surface area (TPSA) is 166 Å². The van der Waals surface area contributed by atoms with Crippen molar-refractivity contribution in [1.29, 1.82) is 0 Å². The number of cyclic esters (lactones) is 1. The van der Waals surface area contributed by atoms with Gasteiger partial charge in [-0.1, -0.05) is 27.7 Å². The molecule has 312 valence electrons. The zero-order valence-electron chi connectivity index (χ0n) is 34.8. The van der Waals surface area contributed by atoms with E-state index in [1.807, 2.05) is 34.9 Å². The van der Waals surface area contributed by atoms with Crippen molar-refractivity contribution in [2.75, 3.05) is 47.5 Å². The molecule has 3 saturated heterocycles. The molecule has 0 aromatic carbocycles. The third-order valence-electron chi connectivity index (χ3n) is 12.3. The lowest BCUT2D eigenvalue weighted by atomic mass is 9.74. The van der Waals surface area contributed by atoms with E-state index in [1.165, 1.54) is 6.92 Å². The van der Waals surface area contributed by atoms with E-state index in [2.05, 4.69) is 14.8 Å². The van der Waals surface area contributed by atoms with Gasteiger partial charge >= 0.3 is 11.9 Å². The van der Waals surface area contributed by atoms with Gasteiger partial charge in [-0.3, -0.25) is 24.3 Å². The summed E-state index contributed by atoms with van der Waals surface area (Å²) in [5.74, 6) is -5.07. The lowest BCUT2D eigenvalue weighted by molar-refractivity contribution is -0.291. The zero-order valence-corrected chi connectivity index (χ0v) is 34.8. The van der Waals surface area contributed by atoms with E-state index < -0.39 is 77.5 Å². The number of pyridine rings is 1. The molecule has 0 radical (unpaired) electrons. The number of likely N-dealkylation sites (N-methyl/N-ethyl adjacent to an activating group) is 1. The Morgan fingerprint density at radius 1 is 1.05 bits per heavy atom. The van der Waals surface area contributed by atoms with E-state index in [0.29, 0.717) is 18.8 Å². The van der Waals surface area contributed by atoms with Crippen LogP contribution in [0.1, 0.15) is 80.2 Å². The van der Waals surface area contributed by atoms with Gasteiger partial charge in [0.1, 0.15) is 23.6 Å². The predicted molar refractivity (Wildman–Crippen MR) is 204 cm³/mol. The normalized spacial score (nSPS) is 40.3. The summed E-state index contributed by atoms with van der Waals surface area (Å²) in [5.41, 5.74) is -2.50. The van der Waals surface area contributed by atoms with Gasteiger partial charge in [-0.05, 0) is 78.7 Å². The number of hydrogen-bond donors (Lipinski definition) is 2. The van der Waals surface area contributed by atoms with Crippen LogP contribution in [0, 0.1) is 23.7 Å². The minimum absolute atomic E-state index is 0.0692. The molecule has 0 unspecified atom stereocenters. The number of carbonyl (C=O) groups excluding carboxylic acids is 3. The number of aliphatic hydroxyl groups is 2. The van der Waals surface area contributed by atoms with E-state index in [4.69, 9.17) is 28.4 Å². The monoisotopic (exact) mass is 777 g/mol. The average Bonchev–Trinajstić information content (AvgIpc) is 3.16. The van der Waals surface area contributed by atoms with Gasteiger partial charge in [0.2, 0.25) is 0 Å². The van der Waals surface area contributed by atoms with Gasteiger partial charge in [-0.25, -0.2) is 0 Å². The maximum Gasteiger partial charge on any atom is 0.312 e. The van der Waals surface area contributed by atoms with Crippen LogP contribution in [0.2, 0.25) is 0 Å². The standard InChI is InChI=1S/C41H67N3O11/c1-12-31-41(8,49)36(47)26(4)34(46)24(2)23-40(7,50-11)37(55-39-33(43(9)10)30(21-25(3)52-39)44-17-19-51-20-18-44)27(5)35(28(6)38(48)53-31)54-32(45)22-29-13-15-42-16-14-29/h13-16,24-28,30-31,33,35-37,39,47,49H,12,17-23H2,1-11H3/t24-,25-,26+,27+,28-,30-,31-,33+,35+,36-,37-,39+,40+,41-/m1/s1. The molecule has 0 aliphatic carbocycles. The van der Waals surface area contributed by atoms with Crippen LogP contribution in [0.15, 0.2) is 24.5 Å². The number of ketones is 1. The van der Waals surface area contributed by atoms with Crippen molar-refractivity contribution in [2.45, 2.75) is 141 Å². The number of ether oxygens (including phenoxy) is 6. The molecule has 0 bridgehead atoms. The van der Waals surface area contributed by atoms with Gasteiger partial charge in [0, 0.05) is 56.4 Å². The van der Waals surface area contributed by atoms with Gasteiger partial charge in [-0.2, -0.15) is 0 Å². The molecule has 3 aliphatic heterocycles. The molecule has 3 aliphatic rings. The predicted octanol–water partition coefficient (Wildman–Crippen LogP) is 3.04. The quantitative estimate of drug-likeness (QED) is 0.352. The summed E-state index contributed by atoms with van der Waals surface area (Å²) in [6.45, 7) is 16.6. The van der Waals surface area contributed by atoms with Crippen LogP contribution in [-0.4, -0.2) is 150 Å². The Balaban J connectivity index is 1.85. The van der Waals surface area contributed by atoms with Crippen molar-refractivity contribution >= 4 is 17.7 Å². The highest BCUT2D eigenvalue weighted by Crippen LogP contribution is 2.40. The first-order valence-electron chi connectivity index (χ1n) is 19.9. The van der Waals surface area contributed by atoms with Crippen LogP contribution in [-0.2, 0) is 49.2 Å². The minimum atomic E-state index is -1.97. The number of aliphatic hydroxyl groups excluding tert-OH is 1. The molecule has 55 heavy (non-hydrogen) atoms. The fourth-order valence-electron chi connectivity index (χ4n) is 8.99. The number of nitrogens with zero attached hydrogens (tertiary/aromatic N) is 3. The van der Waals surface area contributed by atoms with Crippen molar-refractivity contribution in [1.82, 2.24) is 14.8 Å². The van der Waals surface area contributed by atoms with Crippen LogP contribution in [0.3, 0.4) is 0 Å². The van der Waals surface area contributed by atoms with Crippen molar-refractivity contribution < 1.29 is 53.0 Å². The third kappa shape index (κ3) is 10.5. The summed E-state index contributed by atoms with van der Waals surface area (Å²) >= 11 is 0. The average molecular weight is 778 g/mol. The lowest BCUT2D eigenvalue weighted by Gasteiger charge is -2.52. The summed E-state index contributed by atoms with van der Waals surface area (Å²) in [4.78, 5) is 50.6. The molecule has 4 rings (SSSR count). The number of carbonyl (C=O) groups is 3. The molecule has 4 heterocycles. The maximum absolute atomic E-state index is 14.2. The summed E-state index contributed by atoms with van der Waals surface area (Å²) in [5, 5.41) is 23.1. The molecule has 1 aromatic rings. The summed E-state index contributed by atoms with van der Waals surface area (Å²) < 4.78 is 38.1. The van der Waals surface area contributed by atoms with E-state index in [0.717, 1.165) is 19.5 Å². The number of aromatic nitrogens is 1. The third-order valence-corrected chi connectivity index (χ3v) is 12.3. The van der Waals surface area contributed by atoms with E-state index in [9.17, 15) is 24.6 Å². The second kappa shape index (κ2) is 19.3. The van der Waals surface area contributed by atoms with Gasteiger partial charge < -0.3 is 43.5 Å². The second-order valence-electron chi connectivity index (χ2n) is 16.7. The van der Waals surface area contributed by atoms with Crippen LogP contribution < -0.4 is 0 Å². The molecular weight excluding hydrogens is 710 g/mol. The highest BCUT2D eigenvalue weighted by atomic mass is 16.7. The van der Waals surface area contributed by atoms with E-state index in [1.54, 1.807) is 59.3 Å². The summed E-state index contributed by atoms with van der Waals surface area (Å²) in [7, 11) is 5.54.